The number of aryl methyl sites for hydroxylation is 1. The number of carbonyl (C=O) groups excluding carboxylic acids is 2. The molecule has 1 aromatic heterocycles. The van der Waals surface area contributed by atoms with Crippen molar-refractivity contribution in [3.63, 3.8) is 0 Å². The second-order valence-electron chi connectivity index (χ2n) is 4.93. The molecular weight excluding hydrogens is 254 g/mol. The van der Waals surface area contributed by atoms with E-state index in [1.54, 1.807) is 17.2 Å². The number of pyridine rings is 1. The van der Waals surface area contributed by atoms with Crippen molar-refractivity contribution in [1.29, 1.82) is 0 Å². The number of anilines is 1. The van der Waals surface area contributed by atoms with E-state index in [9.17, 15) is 9.59 Å². The van der Waals surface area contributed by atoms with Crippen LogP contribution < -0.4 is 5.32 Å². The zero-order chi connectivity index (χ0) is 14.4. The van der Waals surface area contributed by atoms with E-state index < -0.39 is 0 Å². The van der Waals surface area contributed by atoms with Crippen LogP contribution in [0.4, 0.5) is 5.82 Å². The average molecular weight is 273 g/mol. The summed E-state index contributed by atoms with van der Waals surface area (Å²) in [5.74, 6) is 0.0515. The lowest BCUT2D eigenvalue weighted by atomic mass is 10.1. The number of rotatable bonds is 3. The summed E-state index contributed by atoms with van der Waals surface area (Å²) in [4.78, 5) is 29.4. The third-order valence-electron chi connectivity index (χ3n) is 3.21. The van der Waals surface area contributed by atoms with Crippen molar-refractivity contribution in [2.75, 3.05) is 18.4 Å². The molecule has 1 fully saturated rings. The molecule has 0 saturated carbocycles. The lowest BCUT2D eigenvalue weighted by molar-refractivity contribution is -0.127. The molecule has 0 bridgehead atoms. The Morgan fingerprint density at radius 2 is 2.00 bits per heavy atom. The quantitative estimate of drug-likeness (QED) is 0.856. The van der Waals surface area contributed by atoms with E-state index in [2.05, 4.69) is 10.3 Å². The molecule has 1 N–H and O–H groups in total. The minimum Gasteiger partial charge on any atom is -0.339 e. The summed E-state index contributed by atoms with van der Waals surface area (Å²) in [5.41, 5.74) is 1.02. The first kappa shape index (κ1) is 14.2. The Balaban J connectivity index is 1.87. The largest absolute Gasteiger partial charge is 0.339 e. The first-order valence-corrected chi connectivity index (χ1v) is 6.86. The molecule has 1 aromatic rings. The van der Waals surface area contributed by atoms with E-state index >= 15 is 0 Å². The van der Waals surface area contributed by atoms with E-state index in [4.69, 9.17) is 0 Å². The van der Waals surface area contributed by atoms with Crippen LogP contribution in [0.15, 0.2) is 30.5 Å². The summed E-state index contributed by atoms with van der Waals surface area (Å²) >= 11 is 0. The number of hydrogen-bond acceptors (Lipinski definition) is 3. The van der Waals surface area contributed by atoms with Crippen LogP contribution in [-0.2, 0) is 9.59 Å². The van der Waals surface area contributed by atoms with E-state index in [1.165, 1.54) is 18.6 Å². The summed E-state index contributed by atoms with van der Waals surface area (Å²) < 4.78 is 0. The molecule has 0 spiro atoms. The molecule has 1 saturated heterocycles. The summed E-state index contributed by atoms with van der Waals surface area (Å²) in [6.07, 6.45) is 7.48. The highest BCUT2D eigenvalue weighted by molar-refractivity contribution is 6.03. The van der Waals surface area contributed by atoms with Crippen molar-refractivity contribution in [2.24, 2.45) is 0 Å². The number of amides is 2. The molecule has 0 aromatic carbocycles. The lowest BCUT2D eigenvalue weighted by Crippen LogP contribution is -2.34. The predicted octanol–water partition coefficient (Wildman–Crippen LogP) is 1.90. The summed E-state index contributed by atoms with van der Waals surface area (Å²) in [7, 11) is 0. The van der Waals surface area contributed by atoms with Gasteiger partial charge >= 0.3 is 0 Å². The van der Waals surface area contributed by atoms with Crippen LogP contribution in [0.5, 0.6) is 0 Å². The Hall–Kier alpha value is -2.17. The number of nitrogens with one attached hydrogen (secondary N) is 1. The van der Waals surface area contributed by atoms with Gasteiger partial charge in [-0.2, -0.15) is 0 Å². The Bertz CT molecular complexity index is 520. The lowest BCUT2D eigenvalue weighted by Gasteiger charge is -2.25. The summed E-state index contributed by atoms with van der Waals surface area (Å²) in [6.45, 7) is 3.49. The van der Waals surface area contributed by atoms with Crippen LogP contribution in [0.1, 0.15) is 24.8 Å². The maximum absolute atomic E-state index is 11.9. The van der Waals surface area contributed by atoms with Gasteiger partial charge in [0, 0.05) is 31.4 Å². The number of aromatic nitrogens is 1. The third kappa shape index (κ3) is 4.19. The molecule has 20 heavy (non-hydrogen) atoms. The van der Waals surface area contributed by atoms with Gasteiger partial charge in [-0.15, -0.1) is 0 Å². The van der Waals surface area contributed by atoms with Crippen molar-refractivity contribution in [3.05, 3.63) is 36.0 Å². The maximum Gasteiger partial charge on any atom is 0.249 e. The van der Waals surface area contributed by atoms with Crippen LogP contribution in [-0.4, -0.2) is 34.8 Å². The topological polar surface area (TPSA) is 62.3 Å². The van der Waals surface area contributed by atoms with Crippen molar-refractivity contribution in [3.8, 4) is 0 Å². The normalized spacial score (nSPS) is 15.3. The number of likely N-dealkylation sites (tertiary alicyclic amines) is 1. The molecule has 2 heterocycles. The molecule has 106 valence electrons. The van der Waals surface area contributed by atoms with Gasteiger partial charge in [-0.05, 0) is 43.9 Å². The number of carbonyl (C=O) groups is 2. The third-order valence-corrected chi connectivity index (χ3v) is 3.21. The van der Waals surface area contributed by atoms with Crippen LogP contribution in [0.25, 0.3) is 0 Å². The van der Waals surface area contributed by atoms with Crippen molar-refractivity contribution in [1.82, 2.24) is 9.88 Å². The van der Waals surface area contributed by atoms with Crippen molar-refractivity contribution >= 4 is 17.6 Å². The second kappa shape index (κ2) is 6.84. The highest BCUT2D eigenvalue weighted by Gasteiger charge is 2.14. The van der Waals surface area contributed by atoms with Gasteiger partial charge in [0.15, 0.2) is 0 Å². The highest BCUT2D eigenvalue weighted by Crippen LogP contribution is 2.09. The van der Waals surface area contributed by atoms with E-state index in [1.807, 2.05) is 13.0 Å². The van der Waals surface area contributed by atoms with Gasteiger partial charge in [0.25, 0.3) is 0 Å². The zero-order valence-corrected chi connectivity index (χ0v) is 11.6. The fourth-order valence-corrected chi connectivity index (χ4v) is 2.14. The molecular formula is C15H19N3O2. The minimum atomic E-state index is -0.339. The van der Waals surface area contributed by atoms with Gasteiger partial charge in [-0.1, -0.05) is 0 Å². The van der Waals surface area contributed by atoms with Crippen LogP contribution in [0, 0.1) is 6.92 Å². The Morgan fingerprint density at radius 1 is 1.25 bits per heavy atom. The number of nitrogens with zero attached hydrogens (tertiary/aromatic N) is 2. The standard InChI is InChI=1S/C15H19N3O2/c1-12-7-8-16-13(11-12)17-14(19)5-6-15(20)18-9-3-2-4-10-18/h5-8,11H,2-4,9-10H2,1H3,(H,16,17,19)/b6-5-. The Labute approximate surface area is 118 Å². The van der Waals surface area contributed by atoms with Crippen LogP contribution in [0.2, 0.25) is 0 Å². The van der Waals surface area contributed by atoms with E-state index in [-0.39, 0.29) is 11.8 Å². The summed E-state index contributed by atoms with van der Waals surface area (Å²) in [6, 6.07) is 3.63. The van der Waals surface area contributed by atoms with Crippen LogP contribution in [0.3, 0.4) is 0 Å². The number of hydrogen-bond donors (Lipinski definition) is 1. The minimum absolute atomic E-state index is 0.1000. The molecule has 0 atom stereocenters. The van der Waals surface area contributed by atoms with Gasteiger partial charge < -0.3 is 10.2 Å². The molecule has 5 nitrogen and oxygen atoms in total. The Kier molecular flexibility index (Phi) is 4.87. The molecule has 1 aliphatic heterocycles. The first-order valence-electron chi connectivity index (χ1n) is 6.86. The molecule has 2 amide bonds. The fourth-order valence-electron chi connectivity index (χ4n) is 2.14. The van der Waals surface area contributed by atoms with Gasteiger partial charge in [-0.3, -0.25) is 9.59 Å². The average Bonchev–Trinajstić information content (AvgIpc) is 2.46. The molecule has 0 aliphatic carbocycles. The highest BCUT2D eigenvalue weighted by atomic mass is 16.2. The number of piperidine rings is 1. The predicted molar refractivity (Wildman–Crippen MR) is 77.2 cm³/mol. The van der Waals surface area contributed by atoms with Crippen molar-refractivity contribution < 1.29 is 9.59 Å². The molecule has 0 unspecified atom stereocenters. The zero-order valence-electron chi connectivity index (χ0n) is 11.6. The van der Waals surface area contributed by atoms with Gasteiger partial charge in [-0.25, -0.2) is 4.98 Å². The Morgan fingerprint density at radius 3 is 2.70 bits per heavy atom. The van der Waals surface area contributed by atoms with Crippen LogP contribution >= 0.6 is 0 Å². The van der Waals surface area contributed by atoms with Gasteiger partial charge in [0.05, 0.1) is 0 Å². The summed E-state index contributed by atoms with van der Waals surface area (Å²) in [5, 5.41) is 2.63. The molecule has 0 radical (unpaired) electrons. The molecule has 5 heteroatoms. The fraction of sp³-hybridized carbons (Fsp3) is 0.400. The van der Waals surface area contributed by atoms with Crippen molar-refractivity contribution in [2.45, 2.75) is 26.2 Å². The smallest absolute Gasteiger partial charge is 0.249 e. The van der Waals surface area contributed by atoms with E-state index in [0.29, 0.717) is 5.82 Å². The maximum atomic E-state index is 11.9. The van der Waals surface area contributed by atoms with Gasteiger partial charge in [0.2, 0.25) is 11.8 Å². The molecule has 2 rings (SSSR count). The first-order chi connectivity index (χ1) is 9.65. The monoisotopic (exact) mass is 273 g/mol. The van der Waals surface area contributed by atoms with Gasteiger partial charge in [0.1, 0.15) is 5.82 Å². The SMILES string of the molecule is Cc1ccnc(NC(=O)/C=C\C(=O)N2CCCCC2)c1. The second-order valence-corrected chi connectivity index (χ2v) is 4.93. The van der Waals surface area contributed by atoms with E-state index in [0.717, 1.165) is 31.5 Å². The molecule has 1 aliphatic rings.